The lowest BCUT2D eigenvalue weighted by Crippen LogP contribution is -2.20. The van der Waals surface area contributed by atoms with Gasteiger partial charge in [0.15, 0.2) is 5.78 Å². The van der Waals surface area contributed by atoms with E-state index in [1.54, 1.807) is 0 Å². The molecule has 0 fully saturated rings. The van der Waals surface area contributed by atoms with Gasteiger partial charge in [0, 0.05) is 5.92 Å². The first-order valence-electron chi connectivity index (χ1n) is 5.00. The number of carbonyl (C=O) groups is 1. The molecule has 0 bridgehead atoms. The fourth-order valence-electron chi connectivity index (χ4n) is 1.64. The summed E-state index contributed by atoms with van der Waals surface area (Å²) in [7, 11) is 0. The minimum absolute atomic E-state index is 0.101. The van der Waals surface area contributed by atoms with E-state index in [2.05, 4.69) is 17.8 Å². The Balaban J connectivity index is 2.96. The second-order valence-electron chi connectivity index (χ2n) is 3.79. The van der Waals surface area contributed by atoms with Crippen LogP contribution in [0.4, 0.5) is 0 Å². The zero-order valence-corrected chi connectivity index (χ0v) is 10.1. The fourth-order valence-corrected chi connectivity index (χ4v) is 1.77. The summed E-state index contributed by atoms with van der Waals surface area (Å²) in [5.74, 6) is 0.00912. The standard InChI is InChI=1S/C12H16ClNO/c1-8-5-4-6-11(9(8)2)10(3)12(15)7-14-13/h4-6,10,14H,7H2,1-3H3. The van der Waals surface area contributed by atoms with Gasteiger partial charge in [0.1, 0.15) is 0 Å². The molecular formula is C12H16ClNO. The molecule has 0 saturated heterocycles. The molecule has 0 aliphatic heterocycles. The van der Waals surface area contributed by atoms with Crippen LogP contribution in [0.25, 0.3) is 0 Å². The molecule has 0 radical (unpaired) electrons. The third-order valence-corrected chi connectivity index (χ3v) is 2.97. The molecule has 2 nitrogen and oxygen atoms in total. The van der Waals surface area contributed by atoms with Gasteiger partial charge in [0.25, 0.3) is 0 Å². The summed E-state index contributed by atoms with van der Waals surface area (Å²) in [6, 6.07) is 6.03. The second-order valence-corrected chi connectivity index (χ2v) is 4.05. The van der Waals surface area contributed by atoms with Crippen molar-refractivity contribution >= 4 is 17.6 Å². The third-order valence-electron chi connectivity index (χ3n) is 2.84. The van der Waals surface area contributed by atoms with Crippen LogP contribution >= 0.6 is 11.8 Å². The molecule has 3 heteroatoms. The van der Waals surface area contributed by atoms with Gasteiger partial charge in [-0.25, -0.2) is 4.84 Å². The number of nitrogens with one attached hydrogen (secondary N) is 1. The number of hydrogen-bond donors (Lipinski definition) is 1. The number of rotatable bonds is 4. The predicted molar refractivity (Wildman–Crippen MR) is 63.2 cm³/mol. The van der Waals surface area contributed by atoms with Crippen molar-refractivity contribution in [3.63, 3.8) is 0 Å². The lowest BCUT2D eigenvalue weighted by Gasteiger charge is -2.14. The number of hydrogen-bond acceptors (Lipinski definition) is 2. The number of halogens is 1. The van der Waals surface area contributed by atoms with E-state index < -0.39 is 0 Å². The van der Waals surface area contributed by atoms with Crippen LogP contribution in [0.5, 0.6) is 0 Å². The van der Waals surface area contributed by atoms with Gasteiger partial charge in [-0.15, -0.1) is 0 Å². The van der Waals surface area contributed by atoms with Gasteiger partial charge in [-0.1, -0.05) is 25.1 Å². The van der Waals surface area contributed by atoms with E-state index in [0.29, 0.717) is 0 Å². The first-order chi connectivity index (χ1) is 7.07. The summed E-state index contributed by atoms with van der Waals surface area (Å²) >= 11 is 5.33. The van der Waals surface area contributed by atoms with Crippen LogP contribution in [-0.4, -0.2) is 12.3 Å². The van der Waals surface area contributed by atoms with Crippen LogP contribution in [0, 0.1) is 13.8 Å². The summed E-state index contributed by atoms with van der Waals surface area (Å²) < 4.78 is 0. The van der Waals surface area contributed by atoms with E-state index in [4.69, 9.17) is 11.8 Å². The maximum atomic E-state index is 11.7. The molecule has 1 unspecified atom stereocenters. The van der Waals surface area contributed by atoms with Crippen LogP contribution < -0.4 is 4.84 Å². The summed E-state index contributed by atoms with van der Waals surface area (Å²) in [5.41, 5.74) is 3.49. The quantitative estimate of drug-likeness (QED) is 0.799. The molecule has 0 heterocycles. The molecule has 0 aliphatic carbocycles. The summed E-state index contributed by atoms with van der Waals surface area (Å²) in [6.45, 7) is 6.22. The van der Waals surface area contributed by atoms with Crippen LogP contribution in [0.3, 0.4) is 0 Å². The lowest BCUT2D eigenvalue weighted by atomic mass is 9.91. The highest BCUT2D eigenvalue weighted by atomic mass is 35.5. The van der Waals surface area contributed by atoms with Gasteiger partial charge in [0.05, 0.1) is 6.54 Å². The number of ketones is 1. The van der Waals surface area contributed by atoms with Crippen molar-refractivity contribution in [1.82, 2.24) is 4.84 Å². The zero-order valence-electron chi connectivity index (χ0n) is 9.30. The molecule has 15 heavy (non-hydrogen) atoms. The molecule has 0 saturated carbocycles. The average molecular weight is 226 g/mol. The van der Waals surface area contributed by atoms with E-state index in [0.717, 1.165) is 5.56 Å². The van der Waals surface area contributed by atoms with E-state index in [9.17, 15) is 4.79 Å². The van der Waals surface area contributed by atoms with Crippen LogP contribution in [0.15, 0.2) is 18.2 Å². The van der Waals surface area contributed by atoms with Gasteiger partial charge in [-0.2, -0.15) is 0 Å². The lowest BCUT2D eigenvalue weighted by molar-refractivity contribution is -0.119. The zero-order chi connectivity index (χ0) is 11.4. The number of Topliss-reactive ketones (excluding diaryl/α,β-unsaturated/α-hetero) is 1. The van der Waals surface area contributed by atoms with E-state index in [1.807, 2.05) is 26.0 Å². The van der Waals surface area contributed by atoms with Gasteiger partial charge in [-0.05, 0) is 42.3 Å². The van der Waals surface area contributed by atoms with Gasteiger partial charge in [0.2, 0.25) is 0 Å². The Morgan fingerprint density at radius 3 is 2.73 bits per heavy atom. The molecule has 1 rings (SSSR count). The second kappa shape index (κ2) is 5.29. The van der Waals surface area contributed by atoms with Crippen molar-refractivity contribution < 1.29 is 4.79 Å². The molecule has 1 atom stereocenters. The highest BCUT2D eigenvalue weighted by Crippen LogP contribution is 2.22. The Labute approximate surface area is 95.7 Å². The molecule has 1 aromatic carbocycles. The predicted octanol–water partition coefficient (Wildman–Crippen LogP) is 2.72. The van der Waals surface area contributed by atoms with Gasteiger partial charge in [-0.3, -0.25) is 4.79 Å². The number of aryl methyl sites for hydroxylation is 1. The topological polar surface area (TPSA) is 29.1 Å². The summed E-state index contributed by atoms with van der Waals surface area (Å²) in [6.07, 6.45) is 0. The van der Waals surface area contributed by atoms with Crippen molar-refractivity contribution in [3.05, 3.63) is 34.9 Å². The van der Waals surface area contributed by atoms with E-state index in [1.165, 1.54) is 11.1 Å². The molecule has 0 amide bonds. The van der Waals surface area contributed by atoms with Crippen molar-refractivity contribution in [1.29, 1.82) is 0 Å². The Kier molecular flexibility index (Phi) is 4.30. The average Bonchev–Trinajstić information content (AvgIpc) is 2.21. The van der Waals surface area contributed by atoms with Crippen molar-refractivity contribution in [2.24, 2.45) is 0 Å². The maximum absolute atomic E-state index is 11.7. The molecular weight excluding hydrogens is 210 g/mol. The first kappa shape index (κ1) is 12.2. The molecule has 0 spiro atoms. The monoisotopic (exact) mass is 225 g/mol. The minimum Gasteiger partial charge on any atom is -0.298 e. The van der Waals surface area contributed by atoms with E-state index >= 15 is 0 Å². The summed E-state index contributed by atoms with van der Waals surface area (Å²) in [5, 5.41) is 0. The van der Waals surface area contributed by atoms with Crippen molar-refractivity contribution in [3.8, 4) is 0 Å². The Bertz CT molecular complexity index is 363. The largest absolute Gasteiger partial charge is 0.298 e. The van der Waals surface area contributed by atoms with E-state index in [-0.39, 0.29) is 18.2 Å². The van der Waals surface area contributed by atoms with Crippen LogP contribution in [0.1, 0.15) is 29.5 Å². The normalized spacial score (nSPS) is 12.5. The molecule has 1 aromatic rings. The highest BCUT2D eigenvalue weighted by molar-refractivity contribution is 6.14. The van der Waals surface area contributed by atoms with Crippen molar-refractivity contribution in [2.75, 3.05) is 6.54 Å². The Morgan fingerprint density at radius 1 is 1.47 bits per heavy atom. The molecule has 82 valence electrons. The Morgan fingerprint density at radius 2 is 2.13 bits per heavy atom. The Hall–Kier alpha value is -0.860. The van der Waals surface area contributed by atoms with Gasteiger partial charge < -0.3 is 0 Å². The first-order valence-corrected chi connectivity index (χ1v) is 5.38. The van der Waals surface area contributed by atoms with Gasteiger partial charge >= 0.3 is 0 Å². The SMILES string of the molecule is Cc1cccc(C(C)C(=O)CNCl)c1C. The summed E-state index contributed by atoms with van der Waals surface area (Å²) in [4.78, 5) is 14.0. The fraction of sp³-hybridized carbons (Fsp3) is 0.417. The van der Waals surface area contributed by atoms with Crippen LogP contribution in [-0.2, 0) is 4.79 Å². The third kappa shape index (κ3) is 2.80. The number of carbonyl (C=O) groups excluding carboxylic acids is 1. The maximum Gasteiger partial charge on any atom is 0.155 e. The highest BCUT2D eigenvalue weighted by Gasteiger charge is 2.16. The van der Waals surface area contributed by atoms with Crippen molar-refractivity contribution in [2.45, 2.75) is 26.7 Å². The molecule has 1 N–H and O–H groups in total. The molecule has 0 aliphatic rings. The number of benzene rings is 1. The van der Waals surface area contributed by atoms with Crippen LogP contribution in [0.2, 0.25) is 0 Å². The minimum atomic E-state index is -0.101. The molecule has 0 aromatic heterocycles. The smallest absolute Gasteiger partial charge is 0.155 e.